The fourth-order valence-corrected chi connectivity index (χ4v) is 5.49. The van der Waals surface area contributed by atoms with Gasteiger partial charge in [0.05, 0.1) is 32.0 Å². The first-order valence-electron chi connectivity index (χ1n) is 15.0. The number of carboxylic acids is 1. The number of hydrogen-bond donors (Lipinski definition) is 3. The van der Waals surface area contributed by atoms with E-state index in [9.17, 15) is 14.7 Å². The van der Waals surface area contributed by atoms with Gasteiger partial charge in [-0.05, 0) is 40.3 Å². The number of hydrogen-bond acceptors (Lipinski definition) is 7. The SMILES string of the molecule is O=C(O)CCCC(=O)NCc1cccc(-c2ccc([C@H]3O[C@@H](CN4CCOCC4)C[C@@H](c4ccc(CO)cc4)O3)cc2)c1. The number of nitrogens with zero attached hydrogens (tertiary/aromatic N) is 1. The maximum absolute atomic E-state index is 12.1. The third kappa shape index (κ3) is 8.95. The smallest absolute Gasteiger partial charge is 0.303 e. The van der Waals surface area contributed by atoms with Crippen LogP contribution in [0.25, 0.3) is 11.1 Å². The van der Waals surface area contributed by atoms with Crippen LogP contribution in [0.1, 0.15) is 60.3 Å². The molecule has 3 aromatic rings. The molecule has 228 valence electrons. The third-order valence-electron chi connectivity index (χ3n) is 7.91. The lowest BCUT2D eigenvalue weighted by Gasteiger charge is -2.39. The summed E-state index contributed by atoms with van der Waals surface area (Å²) in [6.45, 7) is 4.46. The number of morpholine rings is 1. The maximum Gasteiger partial charge on any atom is 0.303 e. The van der Waals surface area contributed by atoms with Crippen LogP contribution in [0.2, 0.25) is 0 Å². The van der Waals surface area contributed by atoms with Crippen molar-refractivity contribution in [2.45, 2.75) is 57.3 Å². The predicted molar refractivity (Wildman–Crippen MR) is 161 cm³/mol. The summed E-state index contributed by atoms with van der Waals surface area (Å²) in [5.41, 5.74) is 5.91. The van der Waals surface area contributed by atoms with Crippen molar-refractivity contribution in [1.82, 2.24) is 10.2 Å². The number of carbonyl (C=O) groups is 2. The van der Waals surface area contributed by atoms with E-state index in [1.165, 1.54) is 0 Å². The second kappa shape index (κ2) is 15.2. The highest BCUT2D eigenvalue weighted by atomic mass is 16.7. The minimum Gasteiger partial charge on any atom is -0.481 e. The molecule has 43 heavy (non-hydrogen) atoms. The van der Waals surface area contributed by atoms with Gasteiger partial charge >= 0.3 is 5.97 Å². The number of nitrogens with one attached hydrogen (secondary N) is 1. The molecule has 2 heterocycles. The number of aliphatic hydroxyl groups is 1. The zero-order chi connectivity index (χ0) is 30.0. The standard InChI is InChI=1S/C34H40N2O7/c37-23-24-7-9-27(10-8-24)31-20-30(22-36-15-17-41-18-16-36)42-34(43-31)28-13-11-26(12-14-28)29-4-1-3-25(19-29)21-35-32(38)5-2-6-33(39)40/h1,3-4,7-14,19,30-31,34,37H,2,5-6,15-18,20-23H2,(H,35,38)(H,39,40)/t30-,31+,34+/m1/s1. The Labute approximate surface area is 252 Å². The summed E-state index contributed by atoms with van der Waals surface area (Å²) >= 11 is 0. The van der Waals surface area contributed by atoms with E-state index >= 15 is 0 Å². The summed E-state index contributed by atoms with van der Waals surface area (Å²) in [5.74, 6) is -1.05. The molecule has 2 aliphatic rings. The van der Waals surface area contributed by atoms with Crippen molar-refractivity contribution in [3.63, 3.8) is 0 Å². The highest BCUT2D eigenvalue weighted by Gasteiger charge is 2.33. The second-order valence-corrected chi connectivity index (χ2v) is 11.1. The van der Waals surface area contributed by atoms with Crippen LogP contribution in [0.4, 0.5) is 0 Å². The predicted octanol–water partition coefficient (Wildman–Crippen LogP) is 4.59. The van der Waals surface area contributed by atoms with E-state index in [1.807, 2.05) is 60.7 Å². The lowest BCUT2D eigenvalue weighted by molar-refractivity contribution is -0.253. The van der Waals surface area contributed by atoms with Crippen molar-refractivity contribution in [3.8, 4) is 11.1 Å². The molecule has 5 rings (SSSR count). The van der Waals surface area contributed by atoms with Gasteiger partial charge in [0.1, 0.15) is 0 Å². The molecule has 0 radical (unpaired) electrons. The van der Waals surface area contributed by atoms with E-state index in [4.69, 9.17) is 19.3 Å². The Hall–Kier alpha value is -3.60. The summed E-state index contributed by atoms with van der Waals surface area (Å²) in [7, 11) is 0. The number of benzene rings is 3. The molecular weight excluding hydrogens is 548 g/mol. The highest BCUT2D eigenvalue weighted by molar-refractivity contribution is 5.76. The first-order valence-corrected chi connectivity index (χ1v) is 15.0. The fraction of sp³-hybridized carbons (Fsp3) is 0.412. The van der Waals surface area contributed by atoms with E-state index < -0.39 is 12.3 Å². The van der Waals surface area contributed by atoms with Crippen molar-refractivity contribution >= 4 is 11.9 Å². The number of carbonyl (C=O) groups excluding carboxylic acids is 1. The van der Waals surface area contributed by atoms with Crippen LogP contribution in [-0.4, -0.2) is 65.9 Å². The molecule has 2 aliphatic heterocycles. The van der Waals surface area contributed by atoms with Gasteiger partial charge in [0.2, 0.25) is 5.91 Å². The number of aliphatic carboxylic acids is 1. The van der Waals surface area contributed by atoms with E-state index in [0.717, 1.165) is 72.6 Å². The Morgan fingerprint density at radius 3 is 2.33 bits per heavy atom. The largest absolute Gasteiger partial charge is 0.481 e. The van der Waals surface area contributed by atoms with Crippen molar-refractivity contribution < 1.29 is 34.0 Å². The fourth-order valence-electron chi connectivity index (χ4n) is 5.49. The van der Waals surface area contributed by atoms with Gasteiger partial charge in [0.25, 0.3) is 0 Å². The Balaban J connectivity index is 1.25. The molecule has 1 amide bonds. The number of rotatable bonds is 12. The Bertz CT molecular complexity index is 1340. The van der Waals surface area contributed by atoms with Crippen LogP contribution in [0.15, 0.2) is 72.8 Å². The number of amides is 1. The van der Waals surface area contributed by atoms with Gasteiger partial charge in [-0.2, -0.15) is 0 Å². The van der Waals surface area contributed by atoms with E-state index in [0.29, 0.717) is 13.0 Å². The molecule has 0 unspecified atom stereocenters. The van der Waals surface area contributed by atoms with Crippen molar-refractivity contribution in [2.75, 3.05) is 32.8 Å². The quantitative estimate of drug-likeness (QED) is 0.281. The summed E-state index contributed by atoms with van der Waals surface area (Å²) in [6.07, 6.45) is 0.603. The normalized spacial score (nSPS) is 20.9. The third-order valence-corrected chi connectivity index (χ3v) is 7.91. The van der Waals surface area contributed by atoms with Crippen LogP contribution in [0.5, 0.6) is 0 Å². The molecule has 0 bridgehead atoms. The number of aliphatic hydroxyl groups excluding tert-OH is 1. The van der Waals surface area contributed by atoms with E-state index in [1.54, 1.807) is 0 Å². The van der Waals surface area contributed by atoms with Crippen molar-refractivity contribution in [1.29, 1.82) is 0 Å². The number of carboxylic acid groups (broad SMARTS) is 1. The summed E-state index contributed by atoms with van der Waals surface area (Å²) in [6, 6.07) is 24.1. The molecule has 0 aliphatic carbocycles. The molecule has 3 aromatic carbocycles. The topological polar surface area (TPSA) is 118 Å². The zero-order valence-electron chi connectivity index (χ0n) is 24.3. The lowest BCUT2D eigenvalue weighted by atomic mass is 9.99. The second-order valence-electron chi connectivity index (χ2n) is 11.1. The van der Waals surface area contributed by atoms with Crippen LogP contribution in [0, 0.1) is 0 Å². The monoisotopic (exact) mass is 588 g/mol. The molecule has 0 saturated carbocycles. The molecule has 9 heteroatoms. The first-order chi connectivity index (χ1) is 21.0. The van der Waals surface area contributed by atoms with E-state index in [2.05, 4.69) is 22.3 Å². The van der Waals surface area contributed by atoms with Crippen LogP contribution in [-0.2, 0) is 37.0 Å². The Morgan fingerprint density at radius 2 is 1.60 bits per heavy atom. The van der Waals surface area contributed by atoms with Gasteiger partial charge in [-0.25, -0.2) is 0 Å². The molecular formula is C34H40N2O7. The Kier molecular flexibility index (Phi) is 10.9. The first kappa shape index (κ1) is 30.8. The van der Waals surface area contributed by atoms with Gasteiger partial charge < -0.3 is 29.7 Å². The average Bonchev–Trinajstić information content (AvgIpc) is 3.04. The molecule has 0 aromatic heterocycles. The van der Waals surface area contributed by atoms with Gasteiger partial charge in [-0.15, -0.1) is 0 Å². The zero-order valence-corrected chi connectivity index (χ0v) is 24.3. The highest BCUT2D eigenvalue weighted by Crippen LogP contribution is 2.38. The van der Waals surface area contributed by atoms with Crippen LogP contribution < -0.4 is 5.32 Å². The molecule has 0 spiro atoms. The van der Waals surface area contributed by atoms with Gasteiger partial charge in [0, 0.05) is 51.0 Å². The van der Waals surface area contributed by atoms with E-state index in [-0.39, 0.29) is 37.6 Å². The lowest BCUT2D eigenvalue weighted by Crippen LogP contribution is -2.44. The molecule has 3 N–H and O–H groups in total. The number of ether oxygens (including phenoxy) is 3. The minimum atomic E-state index is -0.894. The minimum absolute atomic E-state index is 0.00457. The molecule has 2 fully saturated rings. The van der Waals surface area contributed by atoms with Gasteiger partial charge in [-0.1, -0.05) is 66.7 Å². The molecule has 3 atom stereocenters. The van der Waals surface area contributed by atoms with Crippen molar-refractivity contribution in [3.05, 3.63) is 95.1 Å². The summed E-state index contributed by atoms with van der Waals surface area (Å²) in [4.78, 5) is 25.1. The van der Waals surface area contributed by atoms with Gasteiger partial charge in [-0.3, -0.25) is 14.5 Å². The Morgan fingerprint density at radius 1 is 0.860 bits per heavy atom. The molecule has 2 saturated heterocycles. The summed E-state index contributed by atoms with van der Waals surface area (Å²) < 4.78 is 18.6. The average molecular weight is 589 g/mol. The van der Waals surface area contributed by atoms with Crippen LogP contribution >= 0.6 is 0 Å². The van der Waals surface area contributed by atoms with Gasteiger partial charge in [0.15, 0.2) is 6.29 Å². The molecule has 9 nitrogen and oxygen atoms in total. The van der Waals surface area contributed by atoms with Crippen molar-refractivity contribution in [2.24, 2.45) is 0 Å². The summed E-state index contributed by atoms with van der Waals surface area (Å²) in [5, 5.41) is 21.1. The maximum atomic E-state index is 12.1. The van der Waals surface area contributed by atoms with Crippen LogP contribution in [0.3, 0.4) is 0 Å².